The van der Waals surface area contributed by atoms with Crippen LogP contribution in [0.4, 0.5) is 0 Å². The van der Waals surface area contributed by atoms with E-state index in [9.17, 15) is 14.4 Å². The first-order valence-electron chi connectivity index (χ1n) is 11.9. The number of amides is 1. The molecule has 1 aliphatic rings. The molecule has 5 heteroatoms. The number of pyridine rings is 1. The zero-order chi connectivity index (χ0) is 24.2. The first-order valence-corrected chi connectivity index (χ1v) is 11.9. The fourth-order valence-electron chi connectivity index (χ4n) is 4.67. The van der Waals surface area contributed by atoms with Crippen molar-refractivity contribution in [2.24, 2.45) is 0 Å². The number of para-hydroxylation sites is 1. The lowest BCUT2D eigenvalue weighted by Gasteiger charge is -2.26. The number of nitrogens with zero attached hydrogens (tertiary/aromatic N) is 2. The highest BCUT2D eigenvalue weighted by Gasteiger charge is 2.28. The minimum atomic E-state index is -0.388. The maximum Gasteiger partial charge on any atom is 0.268 e. The second-order valence-corrected chi connectivity index (χ2v) is 8.80. The van der Waals surface area contributed by atoms with E-state index >= 15 is 0 Å². The van der Waals surface area contributed by atoms with Crippen molar-refractivity contribution in [3.63, 3.8) is 0 Å². The molecule has 3 aromatic carbocycles. The van der Waals surface area contributed by atoms with E-state index in [1.165, 1.54) is 6.07 Å². The molecule has 5 nitrogen and oxygen atoms in total. The van der Waals surface area contributed by atoms with Crippen molar-refractivity contribution >= 4 is 11.7 Å². The van der Waals surface area contributed by atoms with Gasteiger partial charge < -0.3 is 4.90 Å². The van der Waals surface area contributed by atoms with Gasteiger partial charge in [0.05, 0.1) is 0 Å². The average Bonchev–Trinajstić information content (AvgIpc) is 2.89. The summed E-state index contributed by atoms with van der Waals surface area (Å²) in [6, 6.07) is 30.2. The van der Waals surface area contributed by atoms with Crippen molar-refractivity contribution in [3.05, 3.63) is 135 Å². The first-order chi connectivity index (χ1) is 17.1. The van der Waals surface area contributed by atoms with Gasteiger partial charge >= 0.3 is 0 Å². The molecule has 4 aromatic rings. The van der Waals surface area contributed by atoms with Crippen LogP contribution in [0.1, 0.15) is 50.4 Å². The molecule has 0 unspecified atom stereocenters. The highest BCUT2D eigenvalue weighted by atomic mass is 16.2. The minimum Gasteiger partial charge on any atom is -0.330 e. The number of carbonyl (C=O) groups is 2. The van der Waals surface area contributed by atoms with Gasteiger partial charge in [-0.3, -0.25) is 19.0 Å². The summed E-state index contributed by atoms with van der Waals surface area (Å²) in [7, 11) is 0. The van der Waals surface area contributed by atoms with Crippen molar-refractivity contribution in [2.75, 3.05) is 0 Å². The van der Waals surface area contributed by atoms with Gasteiger partial charge in [-0.25, -0.2) is 0 Å². The highest BCUT2D eigenvalue weighted by molar-refractivity contribution is 6.02. The molecule has 174 valence electrons. The molecule has 0 radical (unpaired) electrons. The molecule has 0 N–H and O–H groups in total. The molecule has 1 heterocycles. The summed E-state index contributed by atoms with van der Waals surface area (Å²) in [5.74, 6) is -0.406. The second kappa shape index (κ2) is 9.94. The van der Waals surface area contributed by atoms with Gasteiger partial charge in [0, 0.05) is 36.5 Å². The van der Waals surface area contributed by atoms with Gasteiger partial charge in [-0.2, -0.15) is 0 Å². The topological polar surface area (TPSA) is 59.4 Å². The van der Waals surface area contributed by atoms with Gasteiger partial charge in [0.2, 0.25) is 0 Å². The van der Waals surface area contributed by atoms with Gasteiger partial charge in [-0.05, 0) is 42.2 Å². The summed E-state index contributed by atoms with van der Waals surface area (Å²) >= 11 is 0. The van der Waals surface area contributed by atoms with Crippen LogP contribution in [0.15, 0.2) is 102 Å². The smallest absolute Gasteiger partial charge is 0.268 e. The van der Waals surface area contributed by atoms with Crippen molar-refractivity contribution in [3.8, 4) is 5.69 Å². The molecule has 0 spiro atoms. The minimum absolute atomic E-state index is 0.0229. The van der Waals surface area contributed by atoms with E-state index in [1.54, 1.807) is 9.47 Å². The lowest BCUT2D eigenvalue weighted by atomic mass is 9.92. The van der Waals surface area contributed by atoms with Gasteiger partial charge in [0.15, 0.2) is 5.78 Å². The van der Waals surface area contributed by atoms with Crippen LogP contribution in [-0.4, -0.2) is 21.2 Å². The number of fused-ring (bicyclic) bond motifs is 1. The first kappa shape index (κ1) is 22.5. The Morgan fingerprint density at radius 1 is 0.743 bits per heavy atom. The molecule has 5 rings (SSSR count). The summed E-state index contributed by atoms with van der Waals surface area (Å²) in [5.41, 5.74) is 3.39. The summed E-state index contributed by atoms with van der Waals surface area (Å²) in [6.45, 7) is 0.703. The Bertz CT molecular complexity index is 1370. The predicted octanol–water partition coefficient (Wildman–Crippen LogP) is 5.20. The molecule has 0 fully saturated rings. The second-order valence-electron chi connectivity index (χ2n) is 8.80. The summed E-state index contributed by atoms with van der Waals surface area (Å²) in [5, 5.41) is 0. The standard InChI is InChI=1S/C30H26N2O3/c33-28-18-10-17-27-25(28)19-26(30(35)32(27)24-15-8-3-9-16-24)29(34)31(20-22-11-4-1-5-12-22)21-23-13-6-2-7-14-23/h1-9,11-16,19H,10,17-18,20-21H2. The maximum absolute atomic E-state index is 14.0. The Morgan fingerprint density at radius 2 is 1.29 bits per heavy atom. The number of hydrogen-bond donors (Lipinski definition) is 0. The number of aromatic nitrogens is 1. The number of carbonyl (C=O) groups excluding carboxylic acids is 2. The molecule has 0 saturated heterocycles. The predicted molar refractivity (Wildman–Crippen MR) is 136 cm³/mol. The fourth-order valence-corrected chi connectivity index (χ4v) is 4.67. The zero-order valence-electron chi connectivity index (χ0n) is 19.4. The van der Waals surface area contributed by atoms with Crippen LogP contribution in [0.3, 0.4) is 0 Å². The van der Waals surface area contributed by atoms with Crippen molar-refractivity contribution < 1.29 is 9.59 Å². The maximum atomic E-state index is 14.0. The van der Waals surface area contributed by atoms with Gasteiger partial charge in [0.25, 0.3) is 11.5 Å². The Labute approximate surface area is 204 Å². The van der Waals surface area contributed by atoms with E-state index in [-0.39, 0.29) is 22.8 Å². The Kier molecular flexibility index (Phi) is 6.40. The molecule has 0 saturated carbocycles. The van der Waals surface area contributed by atoms with E-state index < -0.39 is 0 Å². The zero-order valence-corrected chi connectivity index (χ0v) is 19.4. The normalized spacial score (nSPS) is 12.7. The molecule has 35 heavy (non-hydrogen) atoms. The molecule has 0 bridgehead atoms. The largest absolute Gasteiger partial charge is 0.330 e. The monoisotopic (exact) mass is 462 g/mol. The SMILES string of the molecule is O=C1CCCc2c1cc(C(=O)N(Cc1ccccc1)Cc1ccccc1)c(=O)n2-c1ccccc1. The lowest BCUT2D eigenvalue weighted by molar-refractivity contribution is 0.0727. The van der Waals surface area contributed by atoms with Crippen molar-refractivity contribution in [1.82, 2.24) is 9.47 Å². The molecule has 1 aliphatic carbocycles. The number of benzene rings is 3. The highest BCUT2D eigenvalue weighted by Crippen LogP contribution is 2.24. The van der Waals surface area contributed by atoms with E-state index in [4.69, 9.17) is 0 Å². The number of rotatable bonds is 6. The lowest BCUT2D eigenvalue weighted by Crippen LogP contribution is -2.38. The van der Waals surface area contributed by atoms with E-state index in [2.05, 4.69) is 0 Å². The Hall–Kier alpha value is -4.25. The fraction of sp³-hybridized carbons (Fsp3) is 0.167. The van der Waals surface area contributed by atoms with Gasteiger partial charge in [-0.15, -0.1) is 0 Å². The van der Waals surface area contributed by atoms with E-state index in [1.807, 2.05) is 91.0 Å². The van der Waals surface area contributed by atoms with Crippen molar-refractivity contribution in [1.29, 1.82) is 0 Å². The van der Waals surface area contributed by atoms with Crippen LogP contribution in [0.2, 0.25) is 0 Å². The van der Waals surface area contributed by atoms with Gasteiger partial charge in [0.1, 0.15) is 5.56 Å². The summed E-state index contributed by atoms with van der Waals surface area (Å²) in [6.07, 6.45) is 1.74. The molecular formula is C30H26N2O3. The van der Waals surface area contributed by atoms with Crippen LogP contribution in [0, 0.1) is 0 Å². The Morgan fingerprint density at radius 3 is 1.86 bits per heavy atom. The summed E-state index contributed by atoms with van der Waals surface area (Å²) in [4.78, 5) is 42.3. The Balaban J connectivity index is 1.63. The van der Waals surface area contributed by atoms with Gasteiger partial charge in [-0.1, -0.05) is 78.9 Å². The third kappa shape index (κ3) is 4.71. The van der Waals surface area contributed by atoms with Crippen molar-refractivity contribution in [2.45, 2.75) is 32.4 Å². The molecule has 1 aromatic heterocycles. The third-order valence-corrected chi connectivity index (χ3v) is 6.39. The molecule has 0 atom stereocenters. The quantitative estimate of drug-likeness (QED) is 0.396. The number of ketones is 1. The number of Topliss-reactive ketones (excluding diaryl/α,β-unsaturated/α-hetero) is 1. The average molecular weight is 463 g/mol. The van der Waals surface area contributed by atoms with Crippen LogP contribution < -0.4 is 5.56 Å². The van der Waals surface area contributed by atoms with Crippen LogP contribution in [0.25, 0.3) is 5.69 Å². The van der Waals surface area contributed by atoms with E-state index in [0.29, 0.717) is 49.3 Å². The summed E-state index contributed by atoms with van der Waals surface area (Å²) < 4.78 is 1.56. The number of hydrogen-bond acceptors (Lipinski definition) is 3. The molecule has 0 aliphatic heterocycles. The van der Waals surface area contributed by atoms with Crippen LogP contribution in [-0.2, 0) is 19.5 Å². The third-order valence-electron chi connectivity index (χ3n) is 6.39. The van der Waals surface area contributed by atoms with Crippen LogP contribution >= 0.6 is 0 Å². The van der Waals surface area contributed by atoms with E-state index in [0.717, 1.165) is 11.1 Å². The molecule has 1 amide bonds. The van der Waals surface area contributed by atoms with Crippen LogP contribution in [0.5, 0.6) is 0 Å². The molecular weight excluding hydrogens is 436 g/mol.